The maximum Gasteiger partial charge on any atom is 0.329 e. The second-order valence-electron chi connectivity index (χ2n) is 11.3. The molecule has 1 aliphatic rings. The molecule has 4 atom stereocenters. The quantitative estimate of drug-likeness (QED) is 0.303. The van der Waals surface area contributed by atoms with E-state index < -0.39 is 47.6 Å². The molecule has 0 radical (unpaired) electrons. The van der Waals surface area contributed by atoms with Gasteiger partial charge < -0.3 is 25.8 Å². The number of halogens is 1. The van der Waals surface area contributed by atoms with E-state index in [0.717, 1.165) is 0 Å². The van der Waals surface area contributed by atoms with E-state index >= 15 is 0 Å². The molecule has 40 heavy (non-hydrogen) atoms. The highest BCUT2D eigenvalue weighted by molar-refractivity contribution is 6.31. The molecule has 2 aromatic rings. The van der Waals surface area contributed by atoms with Crippen LogP contribution < -0.4 is 21.1 Å². The summed E-state index contributed by atoms with van der Waals surface area (Å²) >= 11 is 6.11. The van der Waals surface area contributed by atoms with Gasteiger partial charge in [-0.15, -0.1) is 0 Å². The normalized spacial score (nSPS) is 19.2. The summed E-state index contributed by atoms with van der Waals surface area (Å²) in [4.78, 5) is 51.9. The highest BCUT2D eigenvalue weighted by atomic mass is 35.5. The zero-order valence-corrected chi connectivity index (χ0v) is 24.7. The number of nitrogens with one attached hydrogen (secondary N) is 2. The number of benzene rings is 2. The Labute approximate surface area is 240 Å². The zero-order valence-electron chi connectivity index (χ0n) is 23.9. The molecular weight excluding hydrogens is 534 g/mol. The molecule has 9 nitrogen and oxygen atoms in total. The SMILES string of the molecule is CC(=O)c1ccc2c(c1)[C@H](NC(=O)c1cccc(Cl)c1)[C@@H](OC(=O)[C@@H](NC(=O)[C@@H](N)C(C)C)C(C)C)C(C)(C)O2. The predicted molar refractivity (Wildman–Crippen MR) is 152 cm³/mol. The van der Waals surface area contributed by atoms with Crippen LogP contribution in [-0.2, 0) is 14.3 Å². The van der Waals surface area contributed by atoms with Gasteiger partial charge in [0.15, 0.2) is 11.9 Å². The summed E-state index contributed by atoms with van der Waals surface area (Å²) in [5.74, 6) is -1.81. The van der Waals surface area contributed by atoms with Gasteiger partial charge in [0.1, 0.15) is 17.4 Å². The van der Waals surface area contributed by atoms with Crippen molar-refractivity contribution in [3.63, 3.8) is 0 Å². The van der Waals surface area contributed by atoms with Crippen LogP contribution in [0.2, 0.25) is 5.02 Å². The Morgan fingerprint density at radius 2 is 1.68 bits per heavy atom. The van der Waals surface area contributed by atoms with E-state index in [1.54, 1.807) is 64.1 Å². The first-order valence-corrected chi connectivity index (χ1v) is 13.7. The van der Waals surface area contributed by atoms with Gasteiger partial charge in [-0.05, 0) is 69.0 Å². The predicted octanol–water partition coefficient (Wildman–Crippen LogP) is 4.22. The molecule has 1 aliphatic heterocycles. The minimum atomic E-state index is -1.10. The fraction of sp³-hybridized carbons (Fsp3) is 0.467. The number of ketones is 1. The Hall–Kier alpha value is -3.43. The number of rotatable bonds is 9. The van der Waals surface area contributed by atoms with Gasteiger partial charge in [0.05, 0.1) is 12.1 Å². The largest absolute Gasteiger partial charge is 0.484 e. The van der Waals surface area contributed by atoms with Crippen LogP contribution >= 0.6 is 11.6 Å². The van der Waals surface area contributed by atoms with Crippen LogP contribution in [0.4, 0.5) is 0 Å². The van der Waals surface area contributed by atoms with Crippen molar-refractivity contribution in [2.45, 2.75) is 78.3 Å². The maximum atomic E-state index is 13.6. The first kappa shape index (κ1) is 31.1. The third kappa shape index (κ3) is 7.01. The number of esters is 1. The van der Waals surface area contributed by atoms with Gasteiger partial charge in [-0.25, -0.2) is 4.79 Å². The fourth-order valence-electron chi connectivity index (χ4n) is 4.48. The van der Waals surface area contributed by atoms with E-state index in [1.165, 1.54) is 13.0 Å². The Morgan fingerprint density at radius 3 is 2.25 bits per heavy atom. The number of fused-ring (bicyclic) bond motifs is 1. The van der Waals surface area contributed by atoms with Crippen LogP contribution in [0.15, 0.2) is 42.5 Å². The van der Waals surface area contributed by atoms with Gasteiger partial charge in [0.25, 0.3) is 5.91 Å². The van der Waals surface area contributed by atoms with Gasteiger partial charge in [-0.2, -0.15) is 0 Å². The molecule has 4 N–H and O–H groups in total. The minimum Gasteiger partial charge on any atom is -0.484 e. The third-order valence-corrected chi connectivity index (χ3v) is 7.20. The fourth-order valence-corrected chi connectivity index (χ4v) is 4.67. The van der Waals surface area contributed by atoms with Crippen molar-refractivity contribution in [3.05, 3.63) is 64.2 Å². The number of carbonyl (C=O) groups is 4. The van der Waals surface area contributed by atoms with Crippen LogP contribution in [-0.4, -0.2) is 47.4 Å². The van der Waals surface area contributed by atoms with Gasteiger partial charge >= 0.3 is 5.97 Å². The molecule has 0 aliphatic carbocycles. The smallest absolute Gasteiger partial charge is 0.329 e. The van der Waals surface area contributed by atoms with Crippen molar-refractivity contribution in [2.24, 2.45) is 17.6 Å². The van der Waals surface area contributed by atoms with Gasteiger partial charge in [-0.1, -0.05) is 45.4 Å². The molecule has 0 saturated heterocycles. The third-order valence-electron chi connectivity index (χ3n) is 6.97. The number of ether oxygens (including phenoxy) is 2. The monoisotopic (exact) mass is 571 g/mol. The summed E-state index contributed by atoms with van der Waals surface area (Å²) in [6, 6.07) is 8.68. The molecule has 216 valence electrons. The Bertz CT molecular complexity index is 1290. The molecule has 0 spiro atoms. The molecule has 2 aromatic carbocycles. The van der Waals surface area contributed by atoms with Crippen molar-refractivity contribution in [3.8, 4) is 5.75 Å². The average molecular weight is 572 g/mol. The van der Waals surface area contributed by atoms with E-state index in [4.69, 9.17) is 26.8 Å². The summed E-state index contributed by atoms with van der Waals surface area (Å²) in [5, 5.41) is 6.07. The van der Waals surface area contributed by atoms with Crippen LogP contribution in [0, 0.1) is 11.8 Å². The molecule has 1 heterocycles. The van der Waals surface area contributed by atoms with Gasteiger partial charge in [0, 0.05) is 21.7 Å². The standard InChI is InChI=1S/C30H38ClN3O6/c1-15(2)23(32)28(37)33-24(16(3)4)29(38)39-26-25(34-27(36)19-9-8-10-20(31)13-19)21-14-18(17(5)35)11-12-22(21)40-30(26,6)7/h8-16,23-26H,32H2,1-7H3,(H,33,37)(H,34,36)/t23-,24-,25-,26+/m0/s1. The number of hydrogen-bond donors (Lipinski definition) is 3. The first-order chi connectivity index (χ1) is 18.6. The molecule has 0 bridgehead atoms. The van der Waals surface area contributed by atoms with E-state index in [1.807, 2.05) is 13.8 Å². The molecule has 0 fully saturated rings. The van der Waals surface area contributed by atoms with Crippen molar-refractivity contribution < 1.29 is 28.7 Å². The van der Waals surface area contributed by atoms with E-state index in [2.05, 4.69) is 10.6 Å². The Balaban J connectivity index is 2.02. The summed E-state index contributed by atoms with van der Waals surface area (Å²) in [6.07, 6.45) is -1.03. The Morgan fingerprint density at radius 1 is 1.00 bits per heavy atom. The minimum absolute atomic E-state index is 0.132. The van der Waals surface area contributed by atoms with E-state index in [-0.39, 0.29) is 17.6 Å². The molecular formula is C30H38ClN3O6. The summed E-state index contributed by atoms with van der Waals surface area (Å²) < 4.78 is 12.3. The summed E-state index contributed by atoms with van der Waals surface area (Å²) in [5.41, 5.74) is 6.09. The summed E-state index contributed by atoms with van der Waals surface area (Å²) in [6.45, 7) is 12.1. The van der Waals surface area contributed by atoms with Crippen LogP contribution in [0.1, 0.15) is 80.8 Å². The van der Waals surface area contributed by atoms with Crippen molar-refractivity contribution >= 4 is 35.2 Å². The van der Waals surface area contributed by atoms with E-state index in [9.17, 15) is 19.2 Å². The number of nitrogens with two attached hydrogens (primary N) is 1. The lowest BCUT2D eigenvalue weighted by atomic mass is 9.85. The lowest BCUT2D eigenvalue weighted by Crippen LogP contribution is -2.58. The summed E-state index contributed by atoms with van der Waals surface area (Å²) in [7, 11) is 0. The molecule has 3 rings (SSSR count). The van der Waals surface area contributed by atoms with Gasteiger partial charge in [0.2, 0.25) is 5.91 Å². The van der Waals surface area contributed by atoms with Crippen molar-refractivity contribution in [1.82, 2.24) is 10.6 Å². The van der Waals surface area contributed by atoms with Crippen molar-refractivity contribution in [1.29, 1.82) is 0 Å². The molecule has 0 saturated carbocycles. The number of amides is 2. The zero-order chi connectivity index (χ0) is 29.9. The van der Waals surface area contributed by atoms with Crippen LogP contribution in [0.5, 0.6) is 5.75 Å². The number of Topliss-reactive ketones (excluding diaryl/α,β-unsaturated/α-hetero) is 1. The lowest BCUT2D eigenvalue weighted by Gasteiger charge is -2.44. The number of hydrogen-bond acceptors (Lipinski definition) is 7. The highest BCUT2D eigenvalue weighted by Crippen LogP contribution is 2.42. The first-order valence-electron chi connectivity index (χ1n) is 13.3. The van der Waals surface area contributed by atoms with Gasteiger partial charge in [-0.3, -0.25) is 14.4 Å². The molecule has 10 heteroatoms. The topological polar surface area (TPSA) is 137 Å². The van der Waals surface area contributed by atoms with Crippen molar-refractivity contribution in [2.75, 3.05) is 0 Å². The lowest BCUT2D eigenvalue weighted by molar-refractivity contribution is -0.169. The van der Waals surface area contributed by atoms with Crippen LogP contribution in [0.3, 0.4) is 0 Å². The van der Waals surface area contributed by atoms with Crippen LogP contribution in [0.25, 0.3) is 0 Å². The number of carbonyl (C=O) groups excluding carboxylic acids is 4. The molecule has 0 unspecified atom stereocenters. The second kappa shape index (κ2) is 12.4. The maximum absolute atomic E-state index is 13.6. The van der Waals surface area contributed by atoms with E-state index in [0.29, 0.717) is 27.5 Å². The Kier molecular flexibility index (Phi) is 9.64. The molecule has 0 aromatic heterocycles. The molecule has 2 amide bonds. The second-order valence-corrected chi connectivity index (χ2v) is 11.8. The highest BCUT2D eigenvalue weighted by Gasteiger charge is 2.48. The average Bonchev–Trinajstić information content (AvgIpc) is 2.87.